The lowest BCUT2D eigenvalue weighted by molar-refractivity contribution is -0.115. The molecule has 0 radical (unpaired) electrons. The molecule has 0 atom stereocenters. The average Bonchev–Trinajstić information content (AvgIpc) is 3.23. The SMILES string of the molecule is Cc1ccccc1NC(=O)Cc1nc(COC(=O)c2cccn2C)cs1. The van der Waals surface area contributed by atoms with Crippen molar-refractivity contribution in [2.45, 2.75) is 20.0 Å². The van der Waals surface area contributed by atoms with E-state index in [4.69, 9.17) is 4.74 Å². The number of amides is 1. The Morgan fingerprint density at radius 1 is 1.23 bits per heavy atom. The molecule has 1 N–H and O–H groups in total. The third kappa shape index (κ3) is 4.37. The Labute approximate surface area is 155 Å². The van der Waals surface area contributed by atoms with Gasteiger partial charge in [-0.05, 0) is 30.7 Å². The number of hydrogen-bond donors (Lipinski definition) is 1. The van der Waals surface area contributed by atoms with E-state index in [0.29, 0.717) is 16.4 Å². The van der Waals surface area contributed by atoms with Gasteiger partial charge < -0.3 is 14.6 Å². The third-order valence-corrected chi connectivity index (χ3v) is 4.73. The molecule has 0 saturated heterocycles. The number of rotatable bonds is 6. The van der Waals surface area contributed by atoms with E-state index in [1.165, 1.54) is 11.3 Å². The lowest BCUT2D eigenvalue weighted by Crippen LogP contribution is -2.15. The Balaban J connectivity index is 1.53. The molecule has 2 aromatic heterocycles. The van der Waals surface area contributed by atoms with Crippen molar-refractivity contribution in [1.82, 2.24) is 9.55 Å². The lowest BCUT2D eigenvalue weighted by Gasteiger charge is -2.06. The maximum absolute atomic E-state index is 12.2. The first-order chi connectivity index (χ1) is 12.5. The Bertz CT molecular complexity index is 930. The Kier molecular flexibility index (Phi) is 5.48. The highest BCUT2D eigenvalue weighted by Crippen LogP contribution is 2.16. The van der Waals surface area contributed by atoms with E-state index < -0.39 is 5.97 Å². The number of benzene rings is 1. The monoisotopic (exact) mass is 369 g/mol. The molecule has 0 aliphatic heterocycles. The number of nitrogens with zero attached hydrogens (tertiary/aromatic N) is 2. The van der Waals surface area contributed by atoms with Gasteiger partial charge >= 0.3 is 5.97 Å². The van der Waals surface area contributed by atoms with Gasteiger partial charge in [0.2, 0.25) is 5.91 Å². The van der Waals surface area contributed by atoms with E-state index in [1.807, 2.05) is 31.2 Å². The van der Waals surface area contributed by atoms with E-state index in [2.05, 4.69) is 10.3 Å². The third-order valence-electron chi connectivity index (χ3n) is 3.83. The second kappa shape index (κ2) is 7.97. The molecule has 3 aromatic rings. The molecule has 0 unspecified atom stereocenters. The predicted octanol–water partition coefficient (Wildman–Crippen LogP) is 3.33. The van der Waals surface area contributed by atoms with Gasteiger partial charge in [-0.15, -0.1) is 11.3 Å². The van der Waals surface area contributed by atoms with Crippen LogP contribution in [0.3, 0.4) is 0 Å². The highest BCUT2D eigenvalue weighted by molar-refractivity contribution is 7.09. The van der Waals surface area contributed by atoms with Crippen LogP contribution in [0, 0.1) is 6.92 Å². The van der Waals surface area contributed by atoms with Gasteiger partial charge in [0.15, 0.2) is 0 Å². The number of aromatic nitrogens is 2. The number of thiazole rings is 1. The number of para-hydroxylation sites is 1. The summed E-state index contributed by atoms with van der Waals surface area (Å²) in [6.45, 7) is 2.03. The highest BCUT2D eigenvalue weighted by atomic mass is 32.1. The molecule has 0 spiro atoms. The summed E-state index contributed by atoms with van der Waals surface area (Å²) in [7, 11) is 1.78. The molecule has 134 valence electrons. The zero-order valence-electron chi connectivity index (χ0n) is 14.6. The number of carbonyl (C=O) groups is 2. The number of aryl methyl sites for hydroxylation is 2. The largest absolute Gasteiger partial charge is 0.454 e. The summed E-state index contributed by atoms with van der Waals surface area (Å²) in [4.78, 5) is 28.5. The van der Waals surface area contributed by atoms with Crippen LogP contribution in [-0.4, -0.2) is 21.4 Å². The molecule has 0 aliphatic carbocycles. The van der Waals surface area contributed by atoms with Crippen LogP contribution in [0.5, 0.6) is 0 Å². The van der Waals surface area contributed by atoms with Crippen LogP contribution in [0.25, 0.3) is 0 Å². The smallest absolute Gasteiger partial charge is 0.355 e. The molecule has 1 amide bonds. The van der Waals surface area contributed by atoms with Crippen LogP contribution < -0.4 is 5.32 Å². The topological polar surface area (TPSA) is 73.2 Å². The zero-order valence-corrected chi connectivity index (χ0v) is 15.4. The predicted molar refractivity (Wildman–Crippen MR) is 100 cm³/mol. The quantitative estimate of drug-likeness (QED) is 0.677. The van der Waals surface area contributed by atoms with Crippen molar-refractivity contribution in [3.05, 3.63) is 69.9 Å². The lowest BCUT2D eigenvalue weighted by atomic mass is 10.2. The normalized spacial score (nSPS) is 10.5. The van der Waals surface area contributed by atoms with Crippen molar-refractivity contribution in [3.8, 4) is 0 Å². The summed E-state index contributed by atoms with van der Waals surface area (Å²) in [6.07, 6.45) is 1.97. The highest BCUT2D eigenvalue weighted by Gasteiger charge is 2.13. The van der Waals surface area contributed by atoms with Gasteiger partial charge in [-0.1, -0.05) is 18.2 Å². The molecule has 1 aromatic carbocycles. The number of esters is 1. The van der Waals surface area contributed by atoms with Crippen molar-refractivity contribution in [1.29, 1.82) is 0 Å². The second-order valence-corrected chi connectivity index (χ2v) is 6.80. The van der Waals surface area contributed by atoms with Crippen molar-refractivity contribution < 1.29 is 14.3 Å². The van der Waals surface area contributed by atoms with Gasteiger partial charge in [-0.3, -0.25) is 4.79 Å². The molecule has 0 fully saturated rings. The first-order valence-corrected chi connectivity index (χ1v) is 8.98. The van der Waals surface area contributed by atoms with Gasteiger partial charge in [0, 0.05) is 24.3 Å². The molecular weight excluding hydrogens is 350 g/mol. The fourth-order valence-electron chi connectivity index (χ4n) is 2.43. The van der Waals surface area contributed by atoms with Crippen LogP contribution in [-0.2, 0) is 29.6 Å². The van der Waals surface area contributed by atoms with E-state index in [0.717, 1.165) is 11.3 Å². The summed E-state index contributed by atoms with van der Waals surface area (Å²) in [5, 5.41) is 5.36. The van der Waals surface area contributed by atoms with Crippen LogP contribution in [0.2, 0.25) is 0 Å². The summed E-state index contributed by atoms with van der Waals surface area (Å²) >= 11 is 1.38. The number of anilines is 1. The van der Waals surface area contributed by atoms with Crippen LogP contribution in [0.15, 0.2) is 48.0 Å². The molecule has 0 bridgehead atoms. The first-order valence-electron chi connectivity index (χ1n) is 8.10. The van der Waals surface area contributed by atoms with E-state index in [-0.39, 0.29) is 18.9 Å². The summed E-state index contributed by atoms with van der Waals surface area (Å²) in [6, 6.07) is 11.1. The van der Waals surface area contributed by atoms with Crippen molar-refractivity contribution in [2.75, 3.05) is 5.32 Å². The fraction of sp³-hybridized carbons (Fsp3) is 0.211. The van der Waals surface area contributed by atoms with Crippen molar-refractivity contribution in [2.24, 2.45) is 7.05 Å². The van der Waals surface area contributed by atoms with E-state index in [1.54, 1.807) is 35.3 Å². The number of carbonyl (C=O) groups excluding carboxylic acids is 2. The zero-order chi connectivity index (χ0) is 18.5. The fourth-order valence-corrected chi connectivity index (χ4v) is 3.21. The van der Waals surface area contributed by atoms with E-state index >= 15 is 0 Å². The standard InChI is InChI=1S/C19H19N3O3S/c1-13-6-3-4-7-15(13)21-17(23)10-18-20-14(12-26-18)11-25-19(24)16-8-5-9-22(16)2/h3-9,12H,10-11H2,1-2H3,(H,21,23). The number of nitrogens with one attached hydrogen (secondary N) is 1. The van der Waals surface area contributed by atoms with Crippen LogP contribution >= 0.6 is 11.3 Å². The van der Waals surface area contributed by atoms with Crippen molar-refractivity contribution >= 4 is 28.9 Å². The number of ether oxygens (including phenoxy) is 1. The van der Waals surface area contributed by atoms with Gasteiger partial charge in [0.05, 0.1) is 12.1 Å². The molecule has 6 nitrogen and oxygen atoms in total. The molecule has 2 heterocycles. The van der Waals surface area contributed by atoms with Crippen LogP contribution in [0.1, 0.15) is 26.8 Å². The van der Waals surface area contributed by atoms with Gasteiger partial charge in [-0.2, -0.15) is 0 Å². The van der Waals surface area contributed by atoms with Crippen LogP contribution in [0.4, 0.5) is 5.69 Å². The molecule has 3 rings (SSSR count). The minimum atomic E-state index is -0.399. The Morgan fingerprint density at radius 2 is 2.04 bits per heavy atom. The van der Waals surface area contributed by atoms with E-state index in [9.17, 15) is 9.59 Å². The Hall–Kier alpha value is -2.93. The molecule has 7 heteroatoms. The van der Waals surface area contributed by atoms with Gasteiger partial charge in [0.1, 0.15) is 17.3 Å². The first kappa shape index (κ1) is 17.9. The molecule has 26 heavy (non-hydrogen) atoms. The van der Waals surface area contributed by atoms with Crippen molar-refractivity contribution in [3.63, 3.8) is 0 Å². The number of hydrogen-bond acceptors (Lipinski definition) is 5. The summed E-state index contributed by atoms with van der Waals surface area (Å²) in [5.74, 6) is -0.523. The average molecular weight is 369 g/mol. The molecule has 0 aliphatic rings. The van der Waals surface area contributed by atoms with Gasteiger partial charge in [-0.25, -0.2) is 9.78 Å². The summed E-state index contributed by atoms with van der Waals surface area (Å²) in [5.41, 5.74) is 2.92. The minimum Gasteiger partial charge on any atom is -0.454 e. The second-order valence-electron chi connectivity index (χ2n) is 5.85. The maximum atomic E-state index is 12.2. The maximum Gasteiger partial charge on any atom is 0.355 e. The Morgan fingerprint density at radius 3 is 2.77 bits per heavy atom. The summed E-state index contributed by atoms with van der Waals surface area (Å²) < 4.78 is 6.97. The molecular formula is C19H19N3O3S. The van der Waals surface area contributed by atoms with Gasteiger partial charge in [0.25, 0.3) is 0 Å². The molecule has 0 saturated carbocycles. The minimum absolute atomic E-state index is 0.0833.